The van der Waals surface area contributed by atoms with E-state index in [2.05, 4.69) is 0 Å². The van der Waals surface area contributed by atoms with Crippen molar-refractivity contribution in [3.63, 3.8) is 0 Å². The van der Waals surface area contributed by atoms with Gasteiger partial charge in [-0.25, -0.2) is 0 Å². The number of hydrogen-bond donors (Lipinski definition) is 0. The molecule has 0 N–H and O–H groups in total. The van der Waals surface area contributed by atoms with Gasteiger partial charge in [-0.3, -0.25) is 9.59 Å². The highest BCUT2D eigenvalue weighted by molar-refractivity contribution is 5.91. The number of rotatable bonds is 4. The van der Waals surface area contributed by atoms with Gasteiger partial charge >= 0.3 is 0 Å². The third kappa shape index (κ3) is 3.37. The fourth-order valence-electron chi connectivity index (χ4n) is 7.75. The summed E-state index contributed by atoms with van der Waals surface area (Å²) in [5.41, 5.74) is -0.180. The molecule has 2 atom stereocenters. The lowest BCUT2D eigenvalue weighted by Gasteiger charge is -2.56. The normalized spacial score (nSPS) is 36.9. The lowest BCUT2D eigenvalue weighted by molar-refractivity contribution is -0.162. The molecule has 2 amide bonds. The highest BCUT2D eigenvalue weighted by Gasteiger charge is 2.57. The third-order valence-electron chi connectivity index (χ3n) is 8.71. The SMILES string of the molecule is CN(CC1COc2ccccc2O1)C(=O)C1CCCN1C(=O)C12CC3CC(CC(C3)C1)C2. The smallest absolute Gasteiger partial charge is 0.245 e. The fourth-order valence-corrected chi connectivity index (χ4v) is 7.75. The van der Waals surface area contributed by atoms with Crippen LogP contribution in [0.3, 0.4) is 0 Å². The van der Waals surface area contributed by atoms with Gasteiger partial charge in [0.1, 0.15) is 12.6 Å². The first-order valence-electron chi connectivity index (χ1n) is 12.5. The van der Waals surface area contributed by atoms with E-state index in [1.54, 1.807) is 4.90 Å². The second-order valence-corrected chi connectivity index (χ2v) is 11.1. The first-order chi connectivity index (χ1) is 15.5. The highest BCUT2D eigenvalue weighted by Crippen LogP contribution is 2.60. The van der Waals surface area contributed by atoms with Crippen LogP contribution in [0.4, 0.5) is 0 Å². The summed E-state index contributed by atoms with van der Waals surface area (Å²) in [5, 5.41) is 0. The molecule has 2 unspecified atom stereocenters. The maximum absolute atomic E-state index is 13.9. The molecule has 7 rings (SSSR count). The van der Waals surface area contributed by atoms with E-state index in [-0.39, 0.29) is 29.4 Å². The lowest BCUT2D eigenvalue weighted by Crippen LogP contribution is -2.57. The van der Waals surface area contributed by atoms with Crippen molar-refractivity contribution in [3.05, 3.63) is 24.3 Å². The Balaban J connectivity index is 1.13. The maximum atomic E-state index is 13.9. The summed E-state index contributed by atoms with van der Waals surface area (Å²) in [7, 11) is 1.83. The van der Waals surface area contributed by atoms with Gasteiger partial charge in [-0.05, 0) is 81.3 Å². The number of carbonyl (C=O) groups excluding carboxylic acids is 2. The number of likely N-dealkylation sites (N-methyl/N-ethyl adjacent to an activating group) is 1. The minimum atomic E-state index is -0.322. The van der Waals surface area contributed by atoms with E-state index < -0.39 is 0 Å². The molecule has 1 aromatic carbocycles. The number of amides is 2. The predicted molar refractivity (Wildman–Crippen MR) is 119 cm³/mol. The van der Waals surface area contributed by atoms with Crippen molar-refractivity contribution in [1.82, 2.24) is 9.80 Å². The maximum Gasteiger partial charge on any atom is 0.245 e. The zero-order valence-electron chi connectivity index (χ0n) is 19.0. The van der Waals surface area contributed by atoms with Gasteiger partial charge in [0.25, 0.3) is 0 Å². The molecular formula is C26H34N2O4. The molecule has 0 aromatic heterocycles. The molecule has 2 heterocycles. The fraction of sp³-hybridized carbons (Fsp3) is 0.692. The summed E-state index contributed by atoms with van der Waals surface area (Å²) in [6.07, 6.45) is 8.61. The molecule has 4 saturated carbocycles. The molecule has 6 nitrogen and oxygen atoms in total. The van der Waals surface area contributed by atoms with Gasteiger partial charge in [-0.2, -0.15) is 0 Å². The summed E-state index contributed by atoms with van der Waals surface area (Å²) >= 11 is 0. The number of carbonyl (C=O) groups is 2. The van der Waals surface area contributed by atoms with Gasteiger partial charge in [0.15, 0.2) is 17.6 Å². The Morgan fingerprint density at radius 1 is 1.06 bits per heavy atom. The average Bonchev–Trinajstić information content (AvgIpc) is 3.26. The molecule has 32 heavy (non-hydrogen) atoms. The number of para-hydroxylation sites is 2. The Kier molecular flexibility index (Phi) is 4.88. The number of hydrogen-bond acceptors (Lipinski definition) is 4. The van der Waals surface area contributed by atoms with Gasteiger partial charge in [0.2, 0.25) is 11.8 Å². The molecule has 0 spiro atoms. The van der Waals surface area contributed by atoms with Gasteiger partial charge in [0.05, 0.1) is 12.0 Å². The van der Waals surface area contributed by atoms with Crippen LogP contribution >= 0.6 is 0 Å². The van der Waals surface area contributed by atoms with E-state index >= 15 is 0 Å². The summed E-state index contributed by atoms with van der Waals surface area (Å²) < 4.78 is 11.9. The predicted octanol–water partition coefficient (Wildman–Crippen LogP) is 3.49. The van der Waals surface area contributed by atoms with E-state index in [4.69, 9.17) is 9.47 Å². The van der Waals surface area contributed by atoms with Crippen LogP contribution in [-0.2, 0) is 9.59 Å². The number of ether oxygens (including phenoxy) is 2. The Hall–Kier alpha value is -2.24. The molecule has 5 fully saturated rings. The van der Waals surface area contributed by atoms with E-state index in [9.17, 15) is 9.59 Å². The molecule has 4 bridgehead atoms. The van der Waals surface area contributed by atoms with Gasteiger partial charge in [0, 0.05) is 13.6 Å². The standard InChI is InChI=1S/C26H34N2O4/c1-27(15-20-16-31-22-6-2-3-7-23(22)32-20)24(29)21-5-4-8-28(21)25(30)26-12-17-9-18(13-26)11-19(10-17)14-26/h2-3,6-7,17-21H,4-5,8-16H2,1H3. The van der Waals surface area contributed by atoms with E-state index in [0.717, 1.165) is 67.9 Å². The van der Waals surface area contributed by atoms with Crippen LogP contribution in [0.1, 0.15) is 51.4 Å². The Morgan fingerprint density at radius 3 is 2.41 bits per heavy atom. The first kappa shape index (κ1) is 20.4. The van der Waals surface area contributed by atoms with Crippen LogP contribution < -0.4 is 9.47 Å². The molecule has 1 aromatic rings. The first-order valence-corrected chi connectivity index (χ1v) is 12.5. The second kappa shape index (κ2) is 7.67. The molecule has 4 aliphatic carbocycles. The van der Waals surface area contributed by atoms with Crippen molar-refractivity contribution < 1.29 is 19.1 Å². The minimum absolute atomic E-state index is 0.0445. The van der Waals surface area contributed by atoms with Gasteiger partial charge < -0.3 is 19.3 Å². The van der Waals surface area contributed by atoms with E-state index in [1.165, 1.54) is 19.3 Å². The van der Waals surface area contributed by atoms with Crippen LogP contribution in [0.15, 0.2) is 24.3 Å². The Morgan fingerprint density at radius 2 is 1.72 bits per heavy atom. The molecular weight excluding hydrogens is 404 g/mol. The molecule has 172 valence electrons. The molecule has 1 saturated heterocycles. The quantitative estimate of drug-likeness (QED) is 0.722. The number of benzene rings is 1. The van der Waals surface area contributed by atoms with Crippen LogP contribution in [0, 0.1) is 23.2 Å². The number of fused-ring (bicyclic) bond motifs is 1. The van der Waals surface area contributed by atoms with Crippen LogP contribution in [-0.4, -0.2) is 60.5 Å². The summed E-state index contributed by atoms with van der Waals surface area (Å²) in [6.45, 7) is 1.61. The van der Waals surface area contributed by atoms with Crippen molar-refractivity contribution in [3.8, 4) is 11.5 Å². The van der Waals surface area contributed by atoms with Crippen LogP contribution in [0.2, 0.25) is 0 Å². The van der Waals surface area contributed by atoms with E-state index in [1.807, 2.05) is 36.2 Å². The molecule has 6 heteroatoms. The van der Waals surface area contributed by atoms with Crippen molar-refractivity contribution >= 4 is 11.8 Å². The van der Waals surface area contributed by atoms with Crippen molar-refractivity contribution in [1.29, 1.82) is 0 Å². The van der Waals surface area contributed by atoms with Gasteiger partial charge in [-0.1, -0.05) is 12.1 Å². The van der Waals surface area contributed by atoms with Crippen molar-refractivity contribution in [2.45, 2.75) is 63.5 Å². The highest BCUT2D eigenvalue weighted by atomic mass is 16.6. The van der Waals surface area contributed by atoms with E-state index in [0.29, 0.717) is 13.2 Å². The number of likely N-dealkylation sites (tertiary alicyclic amines) is 1. The Bertz CT molecular complexity index is 880. The van der Waals surface area contributed by atoms with Crippen LogP contribution in [0.25, 0.3) is 0 Å². The molecule has 6 aliphatic rings. The van der Waals surface area contributed by atoms with Crippen molar-refractivity contribution in [2.75, 3.05) is 26.7 Å². The second-order valence-electron chi connectivity index (χ2n) is 11.1. The average molecular weight is 439 g/mol. The summed E-state index contributed by atoms with van der Waals surface area (Å²) in [5.74, 6) is 4.00. The van der Waals surface area contributed by atoms with Gasteiger partial charge in [-0.15, -0.1) is 0 Å². The summed E-state index contributed by atoms with van der Waals surface area (Å²) in [6, 6.07) is 7.32. The topological polar surface area (TPSA) is 59.1 Å². The summed E-state index contributed by atoms with van der Waals surface area (Å²) in [4.78, 5) is 31.0. The zero-order valence-corrected chi connectivity index (χ0v) is 19.0. The molecule has 2 aliphatic heterocycles. The molecule has 0 radical (unpaired) electrons. The minimum Gasteiger partial charge on any atom is -0.486 e. The largest absolute Gasteiger partial charge is 0.486 e. The monoisotopic (exact) mass is 438 g/mol. The zero-order chi connectivity index (χ0) is 21.9. The van der Waals surface area contributed by atoms with Crippen molar-refractivity contribution in [2.24, 2.45) is 23.2 Å². The Labute approximate surface area is 190 Å². The third-order valence-corrected chi connectivity index (χ3v) is 8.71. The lowest BCUT2D eigenvalue weighted by atomic mass is 9.49. The number of nitrogens with zero attached hydrogens (tertiary/aromatic N) is 2. The van der Waals surface area contributed by atoms with Crippen LogP contribution in [0.5, 0.6) is 11.5 Å².